The second-order valence-corrected chi connectivity index (χ2v) is 4.74. The van der Waals surface area contributed by atoms with E-state index in [-0.39, 0.29) is 11.3 Å². The van der Waals surface area contributed by atoms with Crippen LogP contribution in [0.5, 0.6) is 0 Å². The molecule has 0 bridgehead atoms. The van der Waals surface area contributed by atoms with Gasteiger partial charge in [0.1, 0.15) is 11.3 Å². The molecule has 2 N–H and O–H groups in total. The monoisotopic (exact) mass is 312 g/mol. The third kappa shape index (κ3) is 2.82. The van der Waals surface area contributed by atoms with Crippen LogP contribution in [-0.2, 0) is 7.05 Å². The number of anilines is 1. The van der Waals surface area contributed by atoms with Crippen LogP contribution in [0.25, 0.3) is 11.3 Å². The first-order valence-corrected chi connectivity index (χ1v) is 6.64. The predicted molar refractivity (Wildman–Crippen MR) is 80.1 cm³/mol. The quantitative estimate of drug-likeness (QED) is 0.762. The summed E-state index contributed by atoms with van der Waals surface area (Å²) in [4.78, 5) is 23.4. The number of aromatic nitrogens is 3. The van der Waals surface area contributed by atoms with Crippen molar-refractivity contribution in [2.45, 2.75) is 0 Å². The minimum atomic E-state index is -1.20. The summed E-state index contributed by atoms with van der Waals surface area (Å²) in [5.41, 5.74) is 1.17. The predicted octanol–water partition coefficient (Wildman–Crippen LogP) is 2.03. The maximum Gasteiger partial charge on any atom is 0.339 e. The second kappa shape index (κ2) is 5.76. The van der Waals surface area contributed by atoms with E-state index in [0.29, 0.717) is 11.4 Å². The van der Waals surface area contributed by atoms with Crippen molar-refractivity contribution in [3.05, 3.63) is 54.0 Å². The lowest BCUT2D eigenvalue weighted by Crippen LogP contribution is -2.19. The van der Waals surface area contributed by atoms with Gasteiger partial charge in [-0.3, -0.25) is 9.48 Å². The second-order valence-electron chi connectivity index (χ2n) is 4.74. The zero-order valence-electron chi connectivity index (χ0n) is 12.1. The average molecular weight is 312 g/mol. The summed E-state index contributed by atoms with van der Waals surface area (Å²) in [5, 5.41) is 19.2. The number of nitrogens with one attached hydrogen (secondary N) is 1. The number of rotatable bonds is 4. The molecule has 0 radical (unpaired) electrons. The van der Waals surface area contributed by atoms with Gasteiger partial charge in [-0.1, -0.05) is 5.16 Å². The van der Waals surface area contributed by atoms with Crippen LogP contribution in [0.3, 0.4) is 0 Å². The van der Waals surface area contributed by atoms with Crippen molar-refractivity contribution in [1.82, 2.24) is 14.9 Å². The molecule has 0 saturated heterocycles. The minimum absolute atomic E-state index is 0.0168. The first-order valence-electron chi connectivity index (χ1n) is 6.64. The van der Waals surface area contributed by atoms with E-state index in [1.165, 1.54) is 11.7 Å². The molecule has 0 unspecified atom stereocenters. The van der Waals surface area contributed by atoms with Crippen LogP contribution in [0, 0.1) is 0 Å². The van der Waals surface area contributed by atoms with Gasteiger partial charge in [0.05, 0.1) is 12.4 Å². The summed E-state index contributed by atoms with van der Waals surface area (Å²) < 4.78 is 6.27. The van der Waals surface area contributed by atoms with E-state index in [0.717, 1.165) is 11.8 Å². The summed E-state index contributed by atoms with van der Waals surface area (Å²) >= 11 is 0. The standard InChI is InChI=1S/C15H12N4O4/c1-19-13(11(8-16-19)15(21)22)14(20)18-10-4-2-9(3-5-10)12-6-7-17-23-12/h2-8H,1H3,(H,18,20)(H,21,22). The molecule has 2 heterocycles. The molecular weight excluding hydrogens is 300 g/mol. The average Bonchev–Trinajstić information content (AvgIpc) is 3.17. The Hall–Kier alpha value is -3.42. The number of carbonyl (C=O) groups is 2. The molecule has 8 nitrogen and oxygen atoms in total. The van der Waals surface area contributed by atoms with Crippen LogP contribution >= 0.6 is 0 Å². The largest absolute Gasteiger partial charge is 0.478 e. The molecular formula is C15H12N4O4. The Morgan fingerprint density at radius 2 is 1.96 bits per heavy atom. The van der Waals surface area contributed by atoms with E-state index in [1.807, 2.05) is 0 Å². The summed E-state index contributed by atoms with van der Waals surface area (Å²) in [6.07, 6.45) is 2.69. The third-order valence-electron chi connectivity index (χ3n) is 3.25. The molecule has 0 atom stereocenters. The van der Waals surface area contributed by atoms with Crippen LogP contribution in [0.2, 0.25) is 0 Å². The lowest BCUT2D eigenvalue weighted by atomic mass is 10.1. The van der Waals surface area contributed by atoms with Gasteiger partial charge in [-0.15, -0.1) is 0 Å². The van der Waals surface area contributed by atoms with Gasteiger partial charge in [0.25, 0.3) is 5.91 Å². The Morgan fingerprint density at radius 1 is 1.22 bits per heavy atom. The Labute approximate surface area is 130 Å². The third-order valence-corrected chi connectivity index (χ3v) is 3.25. The molecule has 0 aliphatic carbocycles. The first-order chi connectivity index (χ1) is 11.1. The fourth-order valence-corrected chi connectivity index (χ4v) is 2.14. The van der Waals surface area contributed by atoms with Gasteiger partial charge in [0.2, 0.25) is 0 Å². The van der Waals surface area contributed by atoms with Crippen molar-refractivity contribution in [1.29, 1.82) is 0 Å². The number of hydrogen-bond donors (Lipinski definition) is 2. The highest BCUT2D eigenvalue weighted by molar-refractivity contribution is 6.09. The van der Waals surface area contributed by atoms with Gasteiger partial charge in [-0.2, -0.15) is 5.10 Å². The molecule has 0 aliphatic rings. The molecule has 3 rings (SSSR count). The van der Waals surface area contributed by atoms with Crippen LogP contribution in [-0.4, -0.2) is 31.9 Å². The van der Waals surface area contributed by atoms with Crippen molar-refractivity contribution in [3.63, 3.8) is 0 Å². The van der Waals surface area contributed by atoms with Gasteiger partial charge >= 0.3 is 5.97 Å². The maximum atomic E-state index is 12.3. The molecule has 1 aromatic carbocycles. The zero-order valence-corrected chi connectivity index (χ0v) is 12.1. The number of aromatic carboxylic acids is 1. The summed E-state index contributed by atoms with van der Waals surface area (Å²) in [6.45, 7) is 0. The molecule has 0 aliphatic heterocycles. The van der Waals surface area contributed by atoms with Crippen molar-refractivity contribution < 1.29 is 19.2 Å². The van der Waals surface area contributed by atoms with E-state index in [1.54, 1.807) is 36.5 Å². The number of aryl methyl sites for hydroxylation is 1. The summed E-state index contributed by atoms with van der Waals surface area (Å²) in [5.74, 6) is -1.14. The smallest absolute Gasteiger partial charge is 0.339 e. The van der Waals surface area contributed by atoms with Crippen LogP contribution in [0.4, 0.5) is 5.69 Å². The van der Waals surface area contributed by atoms with E-state index < -0.39 is 11.9 Å². The zero-order chi connectivity index (χ0) is 16.4. The molecule has 23 heavy (non-hydrogen) atoms. The minimum Gasteiger partial charge on any atom is -0.478 e. The van der Waals surface area contributed by atoms with Crippen molar-refractivity contribution >= 4 is 17.6 Å². The number of amides is 1. The fourth-order valence-electron chi connectivity index (χ4n) is 2.14. The molecule has 3 aromatic rings. The van der Waals surface area contributed by atoms with Gasteiger partial charge in [-0.05, 0) is 24.3 Å². The first kappa shape index (κ1) is 14.5. The van der Waals surface area contributed by atoms with Gasteiger partial charge in [0.15, 0.2) is 5.76 Å². The van der Waals surface area contributed by atoms with Crippen molar-refractivity contribution in [2.75, 3.05) is 5.32 Å². The molecule has 1 amide bonds. The number of carboxylic acids is 1. The molecule has 8 heteroatoms. The molecule has 0 spiro atoms. The lowest BCUT2D eigenvalue weighted by Gasteiger charge is -2.07. The number of nitrogens with zero attached hydrogens (tertiary/aromatic N) is 3. The lowest BCUT2D eigenvalue weighted by molar-refractivity contribution is 0.0692. The molecule has 0 saturated carbocycles. The maximum absolute atomic E-state index is 12.3. The highest BCUT2D eigenvalue weighted by Crippen LogP contribution is 2.21. The SMILES string of the molecule is Cn1ncc(C(=O)O)c1C(=O)Nc1ccc(-c2ccno2)cc1. The molecule has 0 fully saturated rings. The molecule has 116 valence electrons. The van der Waals surface area contributed by atoms with Gasteiger partial charge in [-0.25, -0.2) is 4.79 Å². The highest BCUT2D eigenvalue weighted by atomic mass is 16.5. The Balaban J connectivity index is 1.81. The topological polar surface area (TPSA) is 110 Å². The van der Waals surface area contributed by atoms with E-state index in [9.17, 15) is 9.59 Å². The van der Waals surface area contributed by atoms with Gasteiger partial charge < -0.3 is 14.9 Å². The number of carboxylic acid groups (broad SMARTS) is 1. The Bertz CT molecular complexity index is 850. The normalized spacial score (nSPS) is 10.5. The number of hydrogen-bond acceptors (Lipinski definition) is 5. The van der Waals surface area contributed by atoms with Crippen molar-refractivity contribution in [3.8, 4) is 11.3 Å². The Kier molecular flexibility index (Phi) is 3.63. The summed E-state index contributed by atoms with van der Waals surface area (Å²) in [7, 11) is 1.51. The van der Waals surface area contributed by atoms with Gasteiger partial charge in [0, 0.05) is 24.4 Å². The van der Waals surface area contributed by atoms with Crippen LogP contribution in [0.15, 0.2) is 47.2 Å². The van der Waals surface area contributed by atoms with Crippen LogP contribution in [0.1, 0.15) is 20.8 Å². The van der Waals surface area contributed by atoms with Crippen molar-refractivity contribution in [2.24, 2.45) is 7.05 Å². The molecule has 2 aromatic heterocycles. The number of carbonyl (C=O) groups excluding carboxylic acids is 1. The van der Waals surface area contributed by atoms with E-state index >= 15 is 0 Å². The van der Waals surface area contributed by atoms with E-state index in [2.05, 4.69) is 15.6 Å². The highest BCUT2D eigenvalue weighted by Gasteiger charge is 2.21. The van der Waals surface area contributed by atoms with E-state index in [4.69, 9.17) is 9.63 Å². The number of benzene rings is 1. The fraction of sp³-hybridized carbons (Fsp3) is 0.0667. The Morgan fingerprint density at radius 3 is 2.57 bits per heavy atom. The van der Waals surface area contributed by atoms with Crippen LogP contribution < -0.4 is 5.32 Å². The summed E-state index contributed by atoms with van der Waals surface area (Å²) in [6, 6.07) is 8.62.